The molecule has 2 nitrogen and oxygen atoms in total. The molecule has 0 amide bonds. The van der Waals surface area contributed by atoms with Crippen molar-refractivity contribution in [1.29, 1.82) is 0 Å². The average molecular weight is 335 g/mol. The highest BCUT2D eigenvalue weighted by Crippen LogP contribution is 2.30. The van der Waals surface area contributed by atoms with Crippen molar-refractivity contribution in [2.24, 2.45) is 0 Å². The van der Waals surface area contributed by atoms with Crippen LogP contribution in [0.15, 0.2) is 46.9 Å². The lowest BCUT2D eigenvalue weighted by Crippen LogP contribution is -1.93. The fourth-order valence-electron chi connectivity index (χ4n) is 1.97. The van der Waals surface area contributed by atoms with Gasteiger partial charge in [0.2, 0.25) is 0 Å². The van der Waals surface area contributed by atoms with Crippen LogP contribution < -0.4 is 4.74 Å². The molecule has 1 atom stereocenters. The molecule has 3 heteroatoms. The normalized spacial score (nSPS) is 12.5. The van der Waals surface area contributed by atoms with E-state index in [9.17, 15) is 5.11 Å². The third-order valence-corrected chi connectivity index (χ3v) is 3.89. The van der Waals surface area contributed by atoms with E-state index in [0.29, 0.717) is 5.92 Å². The highest BCUT2D eigenvalue weighted by Gasteiger charge is 2.08. The fourth-order valence-corrected chi connectivity index (χ4v) is 2.66. The molecular formula is C17H19BrO2. The molecule has 2 aromatic carbocycles. The Balaban J connectivity index is 2.15. The molecule has 0 radical (unpaired) electrons. The van der Waals surface area contributed by atoms with Gasteiger partial charge in [-0.15, -0.1) is 0 Å². The van der Waals surface area contributed by atoms with Gasteiger partial charge in [-0.2, -0.15) is 0 Å². The van der Waals surface area contributed by atoms with Crippen molar-refractivity contribution in [2.75, 3.05) is 0 Å². The second-order valence-electron chi connectivity index (χ2n) is 5.19. The van der Waals surface area contributed by atoms with Crippen molar-refractivity contribution < 1.29 is 9.84 Å². The number of benzene rings is 2. The molecule has 0 unspecified atom stereocenters. The van der Waals surface area contributed by atoms with Crippen molar-refractivity contribution in [3.8, 4) is 11.5 Å². The Bertz CT molecular complexity index is 574. The van der Waals surface area contributed by atoms with Gasteiger partial charge in [-0.05, 0) is 48.2 Å². The zero-order valence-corrected chi connectivity index (χ0v) is 13.5. The Kier molecular flexibility index (Phi) is 4.84. The third-order valence-electron chi connectivity index (χ3n) is 3.20. The van der Waals surface area contributed by atoms with Crippen LogP contribution >= 0.6 is 15.9 Å². The maximum atomic E-state index is 9.60. The van der Waals surface area contributed by atoms with Crippen LogP contribution in [0.2, 0.25) is 0 Å². The lowest BCUT2D eigenvalue weighted by Gasteiger charge is -2.11. The summed E-state index contributed by atoms with van der Waals surface area (Å²) in [5.41, 5.74) is 2.15. The zero-order valence-electron chi connectivity index (χ0n) is 11.9. The summed E-state index contributed by atoms with van der Waals surface area (Å²) in [7, 11) is 0. The van der Waals surface area contributed by atoms with Gasteiger partial charge in [-0.3, -0.25) is 0 Å². The average Bonchev–Trinajstić information content (AvgIpc) is 2.39. The second-order valence-corrected chi connectivity index (χ2v) is 6.04. The number of aliphatic hydroxyl groups excluding tert-OH is 1. The van der Waals surface area contributed by atoms with E-state index >= 15 is 0 Å². The SMILES string of the molecule is CC(C)c1ccc(Oc2ccc([C@H](C)O)c(Br)c2)cc1. The largest absolute Gasteiger partial charge is 0.457 e. The number of rotatable bonds is 4. The molecule has 2 rings (SSSR count). The summed E-state index contributed by atoms with van der Waals surface area (Å²) in [6.07, 6.45) is -0.497. The van der Waals surface area contributed by atoms with Crippen LogP contribution in [0.25, 0.3) is 0 Å². The molecule has 1 N–H and O–H groups in total. The van der Waals surface area contributed by atoms with Gasteiger partial charge < -0.3 is 9.84 Å². The van der Waals surface area contributed by atoms with Crippen molar-refractivity contribution in [1.82, 2.24) is 0 Å². The quantitative estimate of drug-likeness (QED) is 0.809. The van der Waals surface area contributed by atoms with Gasteiger partial charge in [0.25, 0.3) is 0 Å². The number of hydrogen-bond acceptors (Lipinski definition) is 2. The van der Waals surface area contributed by atoms with Gasteiger partial charge in [0.1, 0.15) is 11.5 Å². The first-order valence-corrected chi connectivity index (χ1v) is 7.52. The molecule has 20 heavy (non-hydrogen) atoms. The van der Waals surface area contributed by atoms with Gasteiger partial charge in [0, 0.05) is 4.47 Å². The molecule has 0 aliphatic carbocycles. The first-order valence-electron chi connectivity index (χ1n) is 6.72. The highest BCUT2D eigenvalue weighted by atomic mass is 79.9. The molecule has 0 saturated heterocycles. The van der Waals surface area contributed by atoms with E-state index in [2.05, 4.69) is 41.9 Å². The van der Waals surface area contributed by atoms with E-state index in [1.165, 1.54) is 5.56 Å². The molecule has 0 fully saturated rings. The van der Waals surface area contributed by atoms with E-state index in [0.717, 1.165) is 21.5 Å². The molecule has 2 aromatic rings. The van der Waals surface area contributed by atoms with Gasteiger partial charge in [-0.1, -0.05) is 48.0 Å². The Morgan fingerprint density at radius 2 is 1.55 bits per heavy atom. The maximum absolute atomic E-state index is 9.60. The summed E-state index contributed by atoms with van der Waals surface area (Å²) in [6.45, 7) is 6.08. The molecule has 0 aliphatic heterocycles. The number of halogens is 1. The number of aliphatic hydroxyl groups is 1. The summed E-state index contributed by atoms with van der Waals surface area (Å²) < 4.78 is 6.67. The standard InChI is InChI=1S/C17H19BrO2/c1-11(2)13-4-6-14(7-5-13)20-15-8-9-16(12(3)19)17(18)10-15/h4-12,19H,1-3H3/t12-/m0/s1. The Hall–Kier alpha value is -1.32. The van der Waals surface area contributed by atoms with Crippen molar-refractivity contribution in [3.05, 3.63) is 58.1 Å². The monoisotopic (exact) mass is 334 g/mol. The third kappa shape index (κ3) is 3.62. The first kappa shape index (κ1) is 15.1. The first-order chi connectivity index (χ1) is 9.47. The van der Waals surface area contributed by atoms with Crippen molar-refractivity contribution in [3.63, 3.8) is 0 Å². The highest BCUT2D eigenvalue weighted by molar-refractivity contribution is 9.10. The molecule has 106 valence electrons. The fraction of sp³-hybridized carbons (Fsp3) is 0.294. The Labute approximate surface area is 128 Å². The van der Waals surface area contributed by atoms with E-state index < -0.39 is 6.10 Å². The number of hydrogen-bond donors (Lipinski definition) is 1. The molecule has 0 heterocycles. The van der Waals surface area contributed by atoms with Crippen LogP contribution in [-0.4, -0.2) is 5.11 Å². The van der Waals surface area contributed by atoms with E-state index in [1.54, 1.807) is 6.92 Å². The van der Waals surface area contributed by atoms with Crippen LogP contribution in [0.3, 0.4) is 0 Å². The van der Waals surface area contributed by atoms with Gasteiger partial charge in [0.15, 0.2) is 0 Å². The van der Waals surface area contributed by atoms with Gasteiger partial charge in [-0.25, -0.2) is 0 Å². The van der Waals surface area contributed by atoms with Crippen LogP contribution in [0.5, 0.6) is 11.5 Å². The molecular weight excluding hydrogens is 316 g/mol. The molecule has 0 bridgehead atoms. The molecule has 0 spiro atoms. The minimum atomic E-state index is -0.497. The van der Waals surface area contributed by atoms with Crippen LogP contribution in [0, 0.1) is 0 Å². The van der Waals surface area contributed by atoms with Gasteiger partial charge >= 0.3 is 0 Å². The zero-order chi connectivity index (χ0) is 14.7. The lowest BCUT2D eigenvalue weighted by molar-refractivity contribution is 0.198. The Morgan fingerprint density at radius 3 is 2.05 bits per heavy atom. The maximum Gasteiger partial charge on any atom is 0.128 e. The van der Waals surface area contributed by atoms with Crippen molar-refractivity contribution >= 4 is 15.9 Å². The van der Waals surface area contributed by atoms with Crippen molar-refractivity contribution in [2.45, 2.75) is 32.8 Å². The van der Waals surface area contributed by atoms with E-state index in [-0.39, 0.29) is 0 Å². The van der Waals surface area contributed by atoms with Gasteiger partial charge in [0.05, 0.1) is 6.10 Å². The number of ether oxygens (including phenoxy) is 1. The van der Waals surface area contributed by atoms with E-state index in [4.69, 9.17) is 4.74 Å². The molecule has 0 aliphatic rings. The second kappa shape index (κ2) is 6.42. The van der Waals surface area contributed by atoms with Crippen LogP contribution in [0.4, 0.5) is 0 Å². The van der Waals surface area contributed by atoms with E-state index in [1.807, 2.05) is 30.3 Å². The molecule has 0 saturated carbocycles. The molecule has 0 aromatic heterocycles. The topological polar surface area (TPSA) is 29.5 Å². The van der Waals surface area contributed by atoms with Crippen LogP contribution in [-0.2, 0) is 0 Å². The minimum absolute atomic E-state index is 0.497. The predicted octanol–water partition coefficient (Wildman–Crippen LogP) is 5.42. The summed E-state index contributed by atoms with van der Waals surface area (Å²) in [6, 6.07) is 13.7. The Morgan fingerprint density at radius 1 is 0.950 bits per heavy atom. The summed E-state index contributed by atoms with van der Waals surface area (Å²) in [5.74, 6) is 2.08. The summed E-state index contributed by atoms with van der Waals surface area (Å²) >= 11 is 3.45. The minimum Gasteiger partial charge on any atom is -0.457 e. The predicted molar refractivity (Wildman–Crippen MR) is 85.4 cm³/mol. The van der Waals surface area contributed by atoms with Crippen LogP contribution in [0.1, 0.15) is 43.9 Å². The summed E-state index contributed by atoms with van der Waals surface area (Å²) in [4.78, 5) is 0. The lowest BCUT2D eigenvalue weighted by atomic mass is 10.0. The smallest absolute Gasteiger partial charge is 0.128 e. The summed E-state index contributed by atoms with van der Waals surface area (Å²) in [5, 5.41) is 9.60.